The summed E-state index contributed by atoms with van der Waals surface area (Å²) in [5, 5.41) is 13.0. The molecule has 2 unspecified atom stereocenters. The molecule has 2 heterocycles. The average molecular weight is 298 g/mol. The minimum atomic E-state index is -0.440. The molecule has 6 nitrogen and oxygen atoms in total. The predicted molar refractivity (Wildman–Crippen MR) is 81.2 cm³/mol. The molecule has 1 aromatic heterocycles. The van der Waals surface area contributed by atoms with Gasteiger partial charge in [0.05, 0.1) is 6.10 Å². The Balaban J connectivity index is 2.02. The van der Waals surface area contributed by atoms with E-state index in [9.17, 15) is 9.90 Å². The van der Waals surface area contributed by atoms with Gasteiger partial charge in [-0.15, -0.1) is 0 Å². The van der Waals surface area contributed by atoms with Crippen LogP contribution in [0.25, 0.3) is 0 Å². The molecule has 0 spiro atoms. The molecule has 2 atom stereocenters. The zero-order valence-electron chi connectivity index (χ0n) is 11.9. The van der Waals surface area contributed by atoms with Gasteiger partial charge in [0.2, 0.25) is 0 Å². The molecule has 20 heavy (non-hydrogen) atoms. The van der Waals surface area contributed by atoms with E-state index in [1.165, 1.54) is 11.3 Å². The van der Waals surface area contributed by atoms with Crippen LogP contribution in [-0.2, 0) is 0 Å². The summed E-state index contributed by atoms with van der Waals surface area (Å²) in [7, 11) is 0. The largest absolute Gasteiger partial charge is 0.393 e. The van der Waals surface area contributed by atoms with Crippen molar-refractivity contribution in [3.05, 3.63) is 4.88 Å². The zero-order valence-corrected chi connectivity index (χ0v) is 12.7. The van der Waals surface area contributed by atoms with E-state index in [1.54, 1.807) is 6.92 Å². The average Bonchev–Trinajstić information content (AvgIpc) is 2.95. The number of hydrogen-bond acceptors (Lipinski definition) is 6. The molecule has 0 aromatic carbocycles. The Kier molecular flexibility index (Phi) is 4.82. The monoisotopic (exact) mass is 298 g/mol. The molecule has 1 aromatic rings. The van der Waals surface area contributed by atoms with Crippen LogP contribution in [-0.4, -0.2) is 41.2 Å². The van der Waals surface area contributed by atoms with Crippen molar-refractivity contribution in [1.29, 1.82) is 0 Å². The number of nitrogens with one attached hydrogen (secondary N) is 1. The summed E-state index contributed by atoms with van der Waals surface area (Å²) in [5.41, 5.74) is 5.85. The van der Waals surface area contributed by atoms with Gasteiger partial charge in [0.25, 0.3) is 5.91 Å². The zero-order chi connectivity index (χ0) is 14.7. The summed E-state index contributed by atoms with van der Waals surface area (Å²) >= 11 is 1.34. The number of amides is 1. The molecule has 0 saturated carbocycles. The van der Waals surface area contributed by atoms with Gasteiger partial charge in [0, 0.05) is 19.1 Å². The molecule has 0 bridgehead atoms. The highest BCUT2D eigenvalue weighted by Crippen LogP contribution is 2.30. The lowest BCUT2D eigenvalue weighted by Gasteiger charge is -2.14. The second-order valence-electron chi connectivity index (χ2n) is 5.36. The topological polar surface area (TPSA) is 91.5 Å². The van der Waals surface area contributed by atoms with Gasteiger partial charge in [0.1, 0.15) is 10.7 Å². The van der Waals surface area contributed by atoms with Crippen molar-refractivity contribution in [2.45, 2.75) is 45.3 Å². The van der Waals surface area contributed by atoms with Crippen molar-refractivity contribution in [1.82, 2.24) is 10.3 Å². The van der Waals surface area contributed by atoms with Crippen LogP contribution in [0.15, 0.2) is 0 Å². The number of nitrogens with zero attached hydrogens (tertiary/aromatic N) is 2. The van der Waals surface area contributed by atoms with Gasteiger partial charge in [-0.25, -0.2) is 4.98 Å². The molecule has 1 aliphatic heterocycles. The molecule has 112 valence electrons. The van der Waals surface area contributed by atoms with Crippen molar-refractivity contribution in [3.63, 3.8) is 0 Å². The molecular weight excluding hydrogens is 276 g/mol. The number of aromatic nitrogens is 1. The number of hydrogen-bond donors (Lipinski definition) is 3. The first-order chi connectivity index (χ1) is 9.47. The highest BCUT2D eigenvalue weighted by molar-refractivity contribution is 7.18. The summed E-state index contributed by atoms with van der Waals surface area (Å²) in [6, 6.07) is -0.0979. The van der Waals surface area contributed by atoms with E-state index in [2.05, 4.69) is 15.2 Å². The minimum absolute atomic E-state index is 0.0979. The number of aliphatic hydroxyl groups excluding tert-OH is 1. The van der Waals surface area contributed by atoms with Gasteiger partial charge >= 0.3 is 0 Å². The number of aliphatic hydroxyl groups is 1. The molecule has 1 aliphatic rings. The van der Waals surface area contributed by atoms with Crippen LogP contribution in [0, 0.1) is 0 Å². The Morgan fingerprint density at radius 1 is 1.50 bits per heavy atom. The Labute approximate surface area is 123 Å². The molecular formula is C13H22N4O2S. The highest BCUT2D eigenvalue weighted by atomic mass is 32.1. The molecule has 7 heteroatoms. The van der Waals surface area contributed by atoms with E-state index in [4.69, 9.17) is 5.73 Å². The smallest absolute Gasteiger partial charge is 0.265 e. The maximum Gasteiger partial charge on any atom is 0.265 e. The molecule has 1 amide bonds. The summed E-state index contributed by atoms with van der Waals surface area (Å²) in [5.74, 6) is 0.0808. The fourth-order valence-corrected chi connectivity index (χ4v) is 3.33. The molecule has 1 saturated heterocycles. The Bertz CT molecular complexity index is 469. The lowest BCUT2D eigenvalue weighted by molar-refractivity contribution is 0.0928. The van der Waals surface area contributed by atoms with Crippen molar-refractivity contribution >= 4 is 28.2 Å². The Morgan fingerprint density at radius 2 is 2.15 bits per heavy atom. The SMILES string of the molecule is CC(O)CC(C)NC(=O)c1sc(N2CCCC2)nc1N. The molecule has 0 radical (unpaired) electrons. The number of nitrogen functional groups attached to an aromatic ring is 1. The number of anilines is 2. The van der Waals surface area contributed by atoms with Crippen LogP contribution in [0.3, 0.4) is 0 Å². The molecule has 0 aliphatic carbocycles. The fraction of sp³-hybridized carbons (Fsp3) is 0.692. The van der Waals surface area contributed by atoms with E-state index in [-0.39, 0.29) is 11.9 Å². The summed E-state index contributed by atoms with van der Waals surface area (Å²) in [4.78, 5) is 19.1. The maximum atomic E-state index is 12.2. The first kappa shape index (κ1) is 15.1. The third kappa shape index (κ3) is 3.61. The lowest BCUT2D eigenvalue weighted by Crippen LogP contribution is -2.34. The van der Waals surface area contributed by atoms with E-state index in [0.29, 0.717) is 17.1 Å². The van der Waals surface area contributed by atoms with Crippen LogP contribution in [0.2, 0.25) is 0 Å². The maximum absolute atomic E-state index is 12.2. The second kappa shape index (κ2) is 6.41. The van der Waals surface area contributed by atoms with Gasteiger partial charge in [-0.3, -0.25) is 4.79 Å². The molecule has 2 rings (SSSR count). The van der Waals surface area contributed by atoms with Crippen molar-refractivity contribution < 1.29 is 9.90 Å². The van der Waals surface area contributed by atoms with Crippen molar-refractivity contribution in [2.75, 3.05) is 23.7 Å². The summed E-state index contributed by atoms with van der Waals surface area (Å²) in [6.07, 6.45) is 2.40. The highest BCUT2D eigenvalue weighted by Gasteiger charge is 2.22. The normalized spacial score (nSPS) is 18.1. The van der Waals surface area contributed by atoms with Crippen LogP contribution >= 0.6 is 11.3 Å². The van der Waals surface area contributed by atoms with Crippen molar-refractivity contribution in [3.8, 4) is 0 Å². The van der Waals surface area contributed by atoms with Crippen LogP contribution < -0.4 is 16.0 Å². The third-order valence-electron chi connectivity index (χ3n) is 3.30. The predicted octanol–water partition coefficient (Wildman–Crippen LogP) is 1.21. The third-order valence-corrected chi connectivity index (χ3v) is 4.43. The first-order valence-corrected chi connectivity index (χ1v) is 7.79. The number of carbonyl (C=O) groups is 1. The van der Waals surface area contributed by atoms with Gasteiger partial charge in [-0.1, -0.05) is 11.3 Å². The molecule has 4 N–H and O–H groups in total. The molecule has 1 fully saturated rings. The minimum Gasteiger partial charge on any atom is -0.393 e. The number of thiazole rings is 1. The second-order valence-corrected chi connectivity index (χ2v) is 6.34. The van der Waals surface area contributed by atoms with Crippen LogP contribution in [0.5, 0.6) is 0 Å². The standard InChI is InChI=1S/C13H22N4O2S/c1-8(7-9(2)18)15-12(19)10-11(14)16-13(20-10)17-5-3-4-6-17/h8-9,18H,3-7,14H2,1-2H3,(H,15,19). The summed E-state index contributed by atoms with van der Waals surface area (Å²) in [6.45, 7) is 5.53. The van der Waals surface area contributed by atoms with Crippen LogP contribution in [0.1, 0.15) is 42.8 Å². The number of rotatable bonds is 5. The van der Waals surface area contributed by atoms with Crippen LogP contribution in [0.4, 0.5) is 10.9 Å². The van der Waals surface area contributed by atoms with E-state index in [0.717, 1.165) is 31.1 Å². The van der Waals surface area contributed by atoms with Gasteiger partial charge < -0.3 is 21.1 Å². The van der Waals surface area contributed by atoms with Gasteiger partial charge in [-0.05, 0) is 33.1 Å². The van der Waals surface area contributed by atoms with E-state index < -0.39 is 6.10 Å². The van der Waals surface area contributed by atoms with Gasteiger partial charge in [0.15, 0.2) is 5.13 Å². The fourth-order valence-electron chi connectivity index (χ4n) is 2.39. The van der Waals surface area contributed by atoms with E-state index >= 15 is 0 Å². The number of carbonyl (C=O) groups excluding carboxylic acids is 1. The summed E-state index contributed by atoms with van der Waals surface area (Å²) < 4.78 is 0. The lowest BCUT2D eigenvalue weighted by atomic mass is 10.1. The first-order valence-electron chi connectivity index (χ1n) is 6.97. The Morgan fingerprint density at radius 3 is 2.75 bits per heavy atom. The van der Waals surface area contributed by atoms with E-state index in [1.807, 2.05) is 6.92 Å². The quantitative estimate of drug-likeness (QED) is 0.760. The Hall–Kier alpha value is -1.34. The van der Waals surface area contributed by atoms with Gasteiger partial charge in [-0.2, -0.15) is 0 Å². The van der Waals surface area contributed by atoms with Crippen molar-refractivity contribution in [2.24, 2.45) is 0 Å². The number of nitrogens with two attached hydrogens (primary N) is 1.